The van der Waals surface area contributed by atoms with E-state index in [2.05, 4.69) is 11.5 Å². The van der Waals surface area contributed by atoms with Gasteiger partial charge >= 0.3 is 0 Å². The topological polar surface area (TPSA) is 47.3 Å². The average Bonchev–Trinajstić information content (AvgIpc) is 2.92. The first-order valence-corrected chi connectivity index (χ1v) is 7.12. The van der Waals surface area contributed by atoms with Gasteiger partial charge in [0.05, 0.1) is 6.61 Å². The fraction of sp³-hybridized carbons (Fsp3) is 0.294. The van der Waals surface area contributed by atoms with Crippen LogP contribution in [0.4, 0.5) is 4.39 Å². The second kappa shape index (κ2) is 5.84. The third-order valence-corrected chi connectivity index (χ3v) is 4.19. The maximum absolute atomic E-state index is 13.4. The van der Waals surface area contributed by atoms with E-state index in [1.165, 1.54) is 6.07 Å². The smallest absolute Gasteiger partial charge is 0.123 e. The Hall–Kier alpha value is -1.91. The number of hydrogen-bond acceptors (Lipinski definition) is 3. The molecular weight excluding hydrogens is 267 g/mol. The number of para-hydroxylation sites is 1. The van der Waals surface area contributed by atoms with Gasteiger partial charge in [-0.1, -0.05) is 24.3 Å². The van der Waals surface area contributed by atoms with E-state index in [1.54, 1.807) is 12.1 Å². The molecule has 0 saturated heterocycles. The highest BCUT2D eigenvalue weighted by Gasteiger charge is 2.31. The van der Waals surface area contributed by atoms with Crippen molar-refractivity contribution < 1.29 is 9.13 Å². The van der Waals surface area contributed by atoms with Crippen LogP contribution in [0, 0.1) is 12.7 Å². The number of hydrogen-bond donors (Lipinski definition) is 2. The molecule has 0 saturated carbocycles. The zero-order chi connectivity index (χ0) is 14.8. The molecule has 110 valence electrons. The monoisotopic (exact) mass is 286 g/mol. The Morgan fingerprint density at radius 2 is 2.14 bits per heavy atom. The molecule has 3 rings (SSSR count). The van der Waals surface area contributed by atoms with Crippen LogP contribution in [0.5, 0.6) is 5.75 Å². The van der Waals surface area contributed by atoms with Gasteiger partial charge in [-0.05, 0) is 42.7 Å². The molecular formula is C17H19FN2O. The lowest BCUT2D eigenvalue weighted by molar-refractivity contribution is 0.297. The van der Waals surface area contributed by atoms with E-state index >= 15 is 0 Å². The largest absolute Gasteiger partial charge is 0.493 e. The van der Waals surface area contributed by atoms with Crippen molar-refractivity contribution in [1.82, 2.24) is 5.43 Å². The van der Waals surface area contributed by atoms with Gasteiger partial charge in [0.1, 0.15) is 11.6 Å². The molecule has 4 heteroatoms. The molecule has 0 bridgehead atoms. The summed E-state index contributed by atoms with van der Waals surface area (Å²) >= 11 is 0. The van der Waals surface area contributed by atoms with Gasteiger partial charge in [0.25, 0.3) is 0 Å². The van der Waals surface area contributed by atoms with Crippen LogP contribution in [0.15, 0.2) is 42.5 Å². The lowest BCUT2D eigenvalue weighted by atomic mass is 9.88. The highest BCUT2D eigenvalue weighted by atomic mass is 19.1. The molecule has 2 aromatic rings. The Balaban J connectivity index is 1.85. The van der Waals surface area contributed by atoms with Gasteiger partial charge in [-0.3, -0.25) is 11.3 Å². The predicted octanol–water partition coefficient (Wildman–Crippen LogP) is 2.68. The molecule has 21 heavy (non-hydrogen) atoms. The maximum Gasteiger partial charge on any atom is 0.123 e. The van der Waals surface area contributed by atoms with E-state index in [-0.39, 0.29) is 17.8 Å². The molecule has 0 spiro atoms. The standard InChI is InChI=1S/C17H19FN2O/c1-11-6-7-13(18)8-12(11)9-16(20-19)15-10-21-17-5-3-2-4-14(15)17/h2-8,15-16,20H,9-10,19H2,1H3. The molecule has 2 aromatic carbocycles. The first kappa shape index (κ1) is 14.0. The Kier molecular flexibility index (Phi) is 3.90. The average molecular weight is 286 g/mol. The molecule has 0 fully saturated rings. The van der Waals surface area contributed by atoms with E-state index in [0.717, 1.165) is 22.4 Å². The molecule has 2 unspecified atom stereocenters. The van der Waals surface area contributed by atoms with Crippen LogP contribution in [0.1, 0.15) is 22.6 Å². The fourth-order valence-corrected chi connectivity index (χ4v) is 2.93. The summed E-state index contributed by atoms with van der Waals surface area (Å²) < 4.78 is 19.2. The Morgan fingerprint density at radius 3 is 2.95 bits per heavy atom. The van der Waals surface area contributed by atoms with E-state index in [4.69, 9.17) is 10.6 Å². The third-order valence-electron chi connectivity index (χ3n) is 4.19. The summed E-state index contributed by atoms with van der Waals surface area (Å²) in [5.41, 5.74) is 6.09. The van der Waals surface area contributed by atoms with Crippen molar-refractivity contribution in [2.75, 3.05) is 6.61 Å². The summed E-state index contributed by atoms with van der Waals surface area (Å²) in [4.78, 5) is 0. The maximum atomic E-state index is 13.4. The summed E-state index contributed by atoms with van der Waals surface area (Å²) in [6.45, 7) is 2.59. The quantitative estimate of drug-likeness (QED) is 0.671. The molecule has 3 nitrogen and oxygen atoms in total. The third kappa shape index (κ3) is 2.77. The number of halogens is 1. The number of aryl methyl sites for hydroxylation is 1. The SMILES string of the molecule is Cc1ccc(F)cc1CC(NN)C1COc2ccccc21. The van der Waals surface area contributed by atoms with Crippen molar-refractivity contribution in [2.24, 2.45) is 5.84 Å². The van der Waals surface area contributed by atoms with Crippen molar-refractivity contribution in [1.29, 1.82) is 0 Å². The molecule has 2 atom stereocenters. The second-order valence-corrected chi connectivity index (χ2v) is 5.50. The van der Waals surface area contributed by atoms with Gasteiger partial charge < -0.3 is 4.74 Å². The number of hydrazine groups is 1. The van der Waals surface area contributed by atoms with E-state index in [1.807, 2.05) is 25.1 Å². The molecule has 1 aliphatic rings. The second-order valence-electron chi connectivity index (χ2n) is 5.50. The highest BCUT2D eigenvalue weighted by molar-refractivity contribution is 5.41. The summed E-state index contributed by atoms with van der Waals surface area (Å²) in [6, 6.07) is 12.9. The van der Waals surface area contributed by atoms with Crippen LogP contribution in [-0.4, -0.2) is 12.6 Å². The normalized spacial score (nSPS) is 18.1. The first-order valence-electron chi connectivity index (χ1n) is 7.12. The van der Waals surface area contributed by atoms with Gasteiger partial charge in [-0.15, -0.1) is 0 Å². The summed E-state index contributed by atoms with van der Waals surface area (Å²) in [7, 11) is 0. The molecule has 0 radical (unpaired) electrons. The van der Waals surface area contributed by atoms with Gasteiger partial charge in [-0.2, -0.15) is 0 Å². The molecule has 1 aliphatic heterocycles. The van der Waals surface area contributed by atoms with E-state index < -0.39 is 0 Å². The number of fused-ring (bicyclic) bond motifs is 1. The van der Waals surface area contributed by atoms with Crippen LogP contribution in [0.25, 0.3) is 0 Å². The minimum absolute atomic E-state index is 0.00847. The van der Waals surface area contributed by atoms with Crippen LogP contribution in [-0.2, 0) is 6.42 Å². The Bertz CT molecular complexity index is 644. The number of rotatable bonds is 4. The minimum Gasteiger partial charge on any atom is -0.493 e. The first-order chi connectivity index (χ1) is 10.2. The molecule has 1 heterocycles. The van der Waals surface area contributed by atoms with Crippen molar-refractivity contribution in [3.05, 3.63) is 65.0 Å². The van der Waals surface area contributed by atoms with Gasteiger partial charge in [0.2, 0.25) is 0 Å². The lowest BCUT2D eigenvalue weighted by Gasteiger charge is -2.23. The highest BCUT2D eigenvalue weighted by Crippen LogP contribution is 2.36. The Morgan fingerprint density at radius 1 is 1.33 bits per heavy atom. The van der Waals surface area contributed by atoms with Gasteiger partial charge in [0, 0.05) is 17.5 Å². The van der Waals surface area contributed by atoms with Crippen molar-refractivity contribution in [3.63, 3.8) is 0 Å². The van der Waals surface area contributed by atoms with Gasteiger partial charge in [0.15, 0.2) is 0 Å². The molecule has 0 aromatic heterocycles. The summed E-state index contributed by atoms with van der Waals surface area (Å²) in [5.74, 6) is 6.62. The summed E-state index contributed by atoms with van der Waals surface area (Å²) in [5, 5.41) is 0. The zero-order valence-electron chi connectivity index (χ0n) is 12.0. The van der Waals surface area contributed by atoms with Crippen LogP contribution in [0.2, 0.25) is 0 Å². The van der Waals surface area contributed by atoms with Crippen molar-refractivity contribution in [3.8, 4) is 5.75 Å². The Labute approximate surface area is 123 Å². The molecule has 3 N–H and O–H groups in total. The zero-order valence-corrected chi connectivity index (χ0v) is 12.0. The van der Waals surface area contributed by atoms with Gasteiger partial charge in [-0.25, -0.2) is 4.39 Å². The fourth-order valence-electron chi connectivity index (χ4n) is 2.93. The predicted molar refractivity (Wildman–Crippen MR) is 80.6 cm³/mol. The minimum atomic E-state index is -0.213. The molecule has 0 aliphatic carbocycles. The van der Waals surface area contributed by atoms with Crippen molar-refractivity contribution >= 4 is 0 Å². The number of nitrogens with one attached hydrogen (secondary N) is 1. The number of nitrogens with two attached hydrogens (primary N) is 1. The van der Waals surface area contributed by atoms with Crippen LogP contribution >= 0.6 is 0 Å². The lowest BCUT2D eigenvalue weighted by Crippen LogP contribution is -2.42. The molecule has 0 amide bonds. The number of benzene rings is 2. The number of ether oxygens (including phenoxy) is 1. The summed E-state index contributed by atoms with van der Waals surface area (Å²) in [6.07, 6.45) is 0.669. The van der Waals surface area contributed by atoms with E-state index in [0.29, 0.717) is 13.0 Å². The van der Waals surface area contributed by atoms with Crippen molar-refractivity contribution in [2.45, 2.75) is 25.3 Å². The van der Waals surface area contributed by atoms with E-state index in [9.17, 15) is 4.39 Å². The van der Waals surface area contributed by atoms with Crippen LogP contribution in [0.3, 0.4) is 0 Å². The van der Waals surface area contributed by atoms with Crippen LogP contribution < -0.4 is 16.0 Å².